The highest BCUT2D eigenvalue weighted by molar-refractivity contribution is 5.40. The molecule has 0 saturated carbocycles. The Labute approximate surface area is 121 Å². The minimum Gasteiger partial charge on any atom is -0.491 e. The van der Waals surface area contributed by atoms with E-state index in [-0.39, 0.29) is 5.56 Å². The van der Waals surface area contributed by atoms with E-state index in [4.69, 9.17) is 9.47 Å². The summed E-state index contributed by atoms with van der Waals surface area (Å²) in [6.45, 7) is 0.710. The standard InChI is InChI=1S/C16H16F2O3/c1-20-8-9-21-15-5-3-2-4-13(15)16(19)12-7-6-11(17)10-14(12)18/h2-7,10,16,19H,8-9H2,1H3. The van der Waals surface area contributed by atoms with E-state index in [1.165, 1.54) is 6.07 Å². The Morgan fingerprint density at radius 1 is 1.05 bits per heavy atom. The predicted octanol–water partition coefficient (Wildman–Crippen LogP) is 3.07. The molecule has 0 aromatic heterocycles. The van der Waals surface area contributed by atoms with Crippen molar-refractivity contribution >= 4 is 0 Å². The molecule has 0 aliphatic rings. The van der Waals surface area contributed by atoms with Crippen LogP contribution in [0.4, 0.5) is 8.78 Å². The molecule has 0 amide bonds. The average Bonchev–Trinajstić information content (AvgIpc) is 2.47. The molecule has 112 valence electrons. The van der Waals surface area contributed by atoms with Crippen LogP contribution in [-0.4, -0.2) is 25.4 Å². The second-order valence-electron chi connectivity index (χ2n) is 4.45. The molecular weight excluding hydrogens is 278 g/mol. The van der Waals surface area contributed by atoms with Crippen LogP contribution < -0.4 is 4.74 Å². The first kappa shape index (κ1) is 15.4. The van der Waals surface area contributed by atoms with Gasteiger partial charge in [0.1, 0.15) is 30.1 Å². The van der Waals surface area contributed by atoms with Crippen molar-refractivity contribution in [2.24, 2.45) is 0 Å². The molecule has 5 heteroatoms. The fraction of sp³-hybridized carbons (Fsp3) is 0.250. The lowest BCUT2D eigenvalue weighted by molar-refractivity contribution is 0.142. The fourth-order valence-corrected chi connectivity index (χ4v) is 1.96. The number of halogens is 2. The maximum absolute atomic E-state index is 13.8. The van der Waals surface area contributed by atoms with Gasteiger partial charge in [0.2, 0.25) is 0 Å². The summed E-state index contributed by atoms with van der Waals surface area (Å²) in [6.07, 6.45) is -1.23. The van der Waals surface area contributed by atoms with Crippen LogP contribution >= 0.6 is 0 Å². The Balaban J connectivity index is 2.27. The molecule has 0 bridgehead atoms. The van der Waals surface area contributed by atoms with Gasteiger partial charge in [0, 0.05) is 24.3 Å². The zero-order valence-corrected chi connectivity index (χ0v) is 11.6. The van der Waals surface area contributed by atoms with E-state index in [9.17, 15) is 13.9 Å². The third-order valence-electron chi connectivity index (χ3n) is 3.02. The van der Waals surface area contributed by atoms with E-state index in [0.29, 0.717) is 24.5 Å². The smallest absolute Gasteiger partial charge is 0.132 e. The summed E-state index contributed by atoms with van der Waals surface area (Å²) in [6, 6.07) is 9.85. The molecule has 0 spiro atoms. The lowest BCUT2D eigenvalue weighted by atomic mass is 10.00. The first-order chi connectivity index (χ1) is 10.1. The maximum atomic E-state index is 13.8. The topological polar surface area (TPSA) is 38.7 Å². The highest BCUT2D eigenvalue weighted by Crippen LogP contribution is 2.31. The second-order valence-corrected chi connectivity index (χ2v) is 4.45. The molecule has 21 heavy (non-hydrogen) atoms. The molecule has 1 atom stereocenters. The number of hydrogen-bond acceptors (Lipinski definition) is 3. The van der Waals surface area contributed by atoms with Crippen LogP contribution in [0.15, 0.2) is 42.5 Å². The number of ether oxygens (including phenoxy) is 2. The molecule has 2 rings (SSSR count). The average molecular weight is 294 g/mol. The molecule has 3 nitrogen and oxygen atoms in total. The van der Waals surface area contributed by atoms with Gasteiger partial charge in [0.15, 0.2) is 0 Å². The first-order valence-corrected chi connectivity index (χ1v) is 6.47. The van der Waals surface area contributed by atoms with Gasteiger partial charge in [-0.15, -0.1) is 0 Å². The third kappa shape index (κ3) is 3.77. The van der Waals surface area contributed by atoms with Crippen molar-refractivity contribution < 1.29 is 23.4 Å². The lowest BCUT2D eigenvalue weighted by Crippen LogP contribution is -2.09. The van der Waals surface area contributed by atoms with Crippen LogP contribution in [0.3, 0.4) is 0 Å². The summed E-state index contributed by atoms with van der Waals surface area (Å²) < 4.78 is 37.1. The normalized spacial score (nSPS) is 12.2. The van der Waals surface area contributed by atoms with Gasteiger partial charge in [-0.05, 0) is 12.1 Å². The highest BCUT2D eigenvalue weighted by atomic mass is 19.1. The monoisotopic (exact) mass is 294 g/mol. The Morgan fingerprint density at radius 3 is 2.52 bits per heavy atom. The largest absolute Gasteiger partial charge is 0.491 e. The van der Waals surface area contributed by atoms with E-state index in [1.807, 2.05) is 0 Å². The van der Waals surface area contributed by atoms with Crippen molar-refractivity contribution in [1.82, 2.24) is 0 Å². The molecular formula is C16H16F2O3. The van der Waals surface area contributed by atoms with Crippen LogP contribution in [0.2, 0.25) is 0 Å². The number of para-hydroxylation sites is 1. The van der Waals surface area contributed by atoms with Gasteiger partial charge in [-0.25, -0.2) is 8.78 Å². The zero-order chi connectivity index (χ0) is 15.2. The minimum atomic E-state index is -1.23. The number of hydrogen-bond donors (Lipinski definition) is 1. The molecule has 0 aliphatic carbocycles. The summed E-state index contributed by atoms with van der Waals surface area (Å²) in [4.78, 5) is 0. The van der Waals surface area contributed by atoms with Crippen molar-refractivity contribution in [3.8, 4) is 5.75 Å². The van der Waals surface area contributed by atoms with Crippen LogP contribution in [0.5, 0.6) is 5.75 Å². The summed E-state index contributed by atoms with van der Waals surface area (Å²) >= 11 is 0. The van der Waals surface area contributed by atoms with Crippen LogP contribution in [0.25, 0.3) is 0 Å². The van der Waals surface area contributed by atoms with Crippen molar-refractivity contribution in [1.29, 1.82) is 0 Å². The lowest BCUT2D eigenvalue weighted by Gasteiger charge is -2.17. The van der Waals surface area contributed by atoms with Crippen LogP contribution in [0.1, 0.15) is 17.2 Å². The molecule has 0 fully saturated rings. The second kappa shape index (κ2) is 7.15. The first-order valence-electron chi connectivity index (χ1n) is 6.47. The molecule has 2 aromatic carbocycles. The van der Waals surface area contributed by atoms with E-state index < -0.39 is 17.7 Å². The van der Waals surface area contributed by atoms with Gasteiger partial charge in [-0.3, -0.25) is 0 Å². The van der Waals surface area contributed by atoms with Crippen LogP contribution in [0, 0.1) is 11.6 Å². The highest BCUT2D eigenvalue weighted by Gasteiger charge is 2.19. The van der Waals surface area contributed by atoms with Gasteiger partial charge in [-0.2, -0.15) is 0 Å². The number of aliphatic hydroxyl groups is 1. The molecule has 1 unspecified atom stereocenters. The molecule has 0 heterocycles. The van der Waals surface area contributed by atoms with Gasteiger partial charge < -0.3 is 14.6 Å². The third-order valence-corrected chi connectivity index (χ3v) is 3.02. The van der Waals surface area contributed by atoms with E-state index in [0.717, 1.165) is 12.1 Å². The van der Waals surface area contributed by atoms with E-state index >= 15 is 0 Å². The Kier molecular flexibility index (Phi) is 5.25. The SMILES string of the molecule is COCCOc1ccccc1C(O)c1ccc(F)cc1F. The van der Waals surface area contributed by atoms with Crippen molar-refractivity contribution in [3.05, 3.63) is 65.2 Å². The maximum Gasteiger partial charge on any atom is 0.132 e. The molecule has 0 saturated heterocycles. The summed E-state index contributed by atoms with van der Waals surface area (Å²) in [5, 5.41) is 10.3. The zero-order valence-electron chi connectivity index (χ0n) is 11.6. The number of rotatable bonds is 6. The minimum absolute atomic E-state index is 0.000749. The van der Waals surface area contributed by atoms with Gasteiger partial charge in [0.25, 0.3) is 0 Å². The number of aliphatic hydroxyl groups excluding tert-OH is 1. The van der Waals surface area contributed by atoms with Crippen molar-refractivity contribution in [2.75, 3.05) is 20.3 Å². The number of methoxy groups -OCH3 is 1. The Morgan fingerprint density at radius 2 is 1.81 bits per heavy atom. The Hall–Kier alpha value is -1.98. The molecule has 2 aromatic rings. The predicted molar refractivity (Wildman–Crippen MR) is 74.2 cm³/mol. The van der Waals surface area contributed by atoms with E-state index in [1.54, 1.807) is 31.4 Å². The van der Waals surface area contributed by atoms with Crippen LogP contribution in [-0.2, 0) is 4.74 Å². The molecule has 0 aliphatic heterocycles. The summed E-state index contributed by atoms with van der Waals surface area (Å²) in [5.74, 6) is -1.05. The summed E-state index contributed by atoms with van der Waals surface area (Å²) in [7, 11) is 1.55. The molecule has 1 N–H and O–H groups in total. The Bertz CT molecular complexity index is 602. The fourth-order valence-electron chi connectivity index (χ4n) is 1.96. The van der Waals surface area contributed by atoms with E-state index in [2.05, 4.69) is 0 Å². The van der Waals surface area contributed by atoms with Crippen molar-refractivity contribution in [2.45, 2.75) is 6.10 Å². The van der Waals surface area contributed by atoms with Crippen molar-refractivity contribution in [3.63, 3.8) is 0 Å². The van der Waals surface area contributed by atoms with Gasteiger partial charge in [0.05, 0.1) is 6.61 Å². The summed E-state index contributed by atoms with van der Waals surface area (Å²) in [5.41, 5.74) is 0.415. The van der Waals surface area contributed by atoms with Gasteiger partial charge in [-0.1, -0.05) is 24.3 Å². The molecule has 0 radical (unpaired) electrons. The number of benzene rings is 2. The quantitative estimate of drug-likeness (QED) is 0.832. The van der Waals surface area contributed by atoms with Gasteiger partial charge >= 0.3 is 0 Å².